The average molecular weight is 426 g/mol. The summed E-state index contributed by atoms with van der Waals surface area (Å²) >= 11 is 0. The van der Waals surface area contributed by atoms with Gasteiger partial charge < -0.3 is 4.74 Å². The van der Waals surface area contributed by atoms with Gasteiger partial charge in [0.15, 0.2) is 0 Å². The van der Waals surface area contributed by atoms with Crippen molar-refractivity contribution in [3.63, 3.8) is 0 Å². The molecule has 7 nitrogen and oxygen atoms in total. The van der Waals surface area contributed by atoms with E-state index >= 15 is 0 Å². The number of methoxy groups -OCH3 is 1. The summed E-state index contributed by atoms with van der Waals surface area (Å²) in [5, 5.41) is 1.77. The van der Waals surface area contributed by atoms with Gasteiger partial charge in [-0.2, -0.15) is 8.42 Å². The monoisotopic (exact) mass is 426 g/mol. The van der Waals surface area contributed by atoms with Gasteiger partial charge in [-0.25, -0.2) is 0 Å². The molecule has 0 radical (unpaired) electrons. The van der Waals surface area contributed by atoms with E-state index in [2.05, 4.69) is 4.98 Å². The van der Waals surface area contributed by atoms with Gasteiger partial charge in [-0.15, -0.1) is 0 Å². The number of hydrogen-bond donors (Lipinski definition) is 0. The number of carbonyl (C=O) groups is 1. The first-order chi connectivity index (χ1) is 14.5. The van der Waals surface area contributed by atoms with Gasteiger partial charge in [-0.05, 0) is 34.5 Å². The number of esters is 1. The van der Waals surface area contributed by atoms with Crippen LogP contribution in [0.1, 0.15) is 12.0 Å². The molecule has 30 heavy (non-hydrogen) atoms. The smallest absolute Gasteiger partial charge is 0.323 e. The van der Waals surface area contributed by atoms with E-state index in [1.165, 1.54) is 13.2 Å². The molecule has 1 fully saturated rings. The van der Waals surface area contributed by atoms with Crippen molar-refractivity contribution in [1.82, 2.24) is 9.88 Å². The predicted molar refractivity (Wildman–Crippen MR) is 111 cm³/mol. The fourth-order valence-corrected chi connectivity index (χ4v) is 4.89. The minimum Gasteiger partial charge on any atom is -0.468 e. The Labute approximate surface area is 175 Å². The molecule has 4 rings (SSSR count). The molecule has 2 aromatic carbocycles. The van der Waals surface area contributed by atoms with E-state index in [0.717, 1.165) is 16.3 Å². The molecule has 0 spiro atoms. The number of fused-ring (bicyclic) bond motifs is 1. The first-order valence-electron chi connectivity index (χ1n) is 9.59. The summed E-state index contributed by atoms with van der Waals surface area (Å²) in [7, 11) is -2.65. The van der Waals surface area contributed by atoms with Crippen LogP contribution in [0.15, 0.2) is 71.9 Å². The topological polar surface area (TPSA) is 85.8 Å². The Kier molecular flexibility index (Phi) is 5.80. The normalized spacial score (nSPS) is 19.8. The second kappa shape index (κ2) is 8.51. The van der Waals surface area contributed by atoms with Gasteiger partial charge in [-0.3, -0.25) is 18.9 Å². The molecule has 2 atom stereocenters. The number of benzene rings is 2. The fourth-order valence-electron chi connectivity index (χ4n) is 3.77. The zero-order chi connectivity index (χ0) is 21.1. The minimum absolute atomic E-state index is 0.0986. The molecule has 0 saturated carbocycles. The molecule has 2 heterocycles. The number of carbonyl (C=O) groups excluding carboxylic acids is 1. The molecule has 1 aromatic heterocycles. The molecule has 1 aliphatic rings. The molecule has 156 valence electrons. The van der Waals surface area contributed by atoms with E-state index in [0.29, 0.717) is 13.1 Å². The van der Waals surface area contributed by atoms with Crippen molar-refractivity contribution in [2.75, 3.05) is 13.7 Å². The van der Waals surface area contributed by atoms with Crippen LogP contribution in [-0.4, -0.2) is 50.1 Å². The van der Waals surface area contributed by atoms with Gasteiger partial charge in [0.1, 0.15) is 6.04 Å². The third-order valence-corrected chi connectivity index (χ3v) is 6.58. The Bertz CT molecular complexity index is 1150. The van der Waals surface area contributed by atoms with Crippen LogP contribution in [0, 0.1) is 0 Å². The van der Waals surface area contributed by atoms with Crippen molar-refractivity contribution >= 4 is 26.9 Å². The number of hydrogen-bond acceptors (Lipinski definition) is 7. The lowest BCUT2D eigenvalue weighted by Crippen LogP contribution is -2.36. The third-order valence-electron chi connectivity index (χ3n) is 5.22. The quantitative estimate of drug-likeness (QED) is 0.442. The maximum absolute atomic E-state index is 12.9. The minimum atomic E-state index is -3.98. The summed E-state index contributed by atoms with van der Waals surface area (Å²) < 4.78 is 36.2. The van der Waals surface area contributed by atoms with Gasteiger partial charge in [0.05, 0.1) is 18.1 Å². The standard InChI is InChI=1S/C22H22N2O5S/c1-28-22(25)21-12-19(15-24(21)14-16-5-4-10-23-13-16)29-30(26,27)20-9-8-17-6-2-3-7-18(17)11-20/h2-11,13,19,21H,12,14-15H2,1H3/t19-,21-/m0/s1. The fraction of sp³-hybridized carbons (Fsp3) is 0.273. The van der Waals surface area contributed by atoms with Crippen LogP contribution in [0.5, 0.6) is 0 Å². The van der Waals surface area contributed by atoms with Crippen LogP contribution in [0.4, 0.5) is 0 Å². The van der Waals surface area contributed by atoms with Crippen molar-refractivity contribution in [3.05, 3.63) is 72.6 Å². The summed E-state index contributed by atoms with van der Waals surface area (Å²) in [6, 6.07) is 15.6. The zero-order valence-corrected chi connectivity index (χ0v) is 17.3. The number of ether oxygens (including phenoxy) is 1. The van der Waals surface area contributed by atoms with Crippen molar-refractivity contribution in [1.29, 1.82) is 0 Å². The van der Waals surface area contributed by atoms with Gasteiger partial charge >= 0.3 is 5.97 Å². The summed E-state index contributed by atoms with van der Waals surface area (Å²) in [5.41, 5.74) is 0.921. The van der Waals surface area contributed by atoms with Crippen LogP contribution >= 0.6 is 0 Å². The second-order valence-electron chi connectivity index (χ2n) is 7.25. The van der Waals surface area contributed by atoms with E-state index in [1.807, 2.05) is 41.3 Å². The van der Waals surface area contributed by atoms with Crippen LogP contribution < -0.4 is 0 Å². The zero-order valence-electron chi connectivity index (χ0n) is 16.5. The molecule has 1 aliphatic heterocycles. The molecule has 0 aliphatic carbocycles. The largest absolute Gasteiger partial charge is 0.468 e. The van der Waals surface area contributed by atoms with E-state index in [1.54, 1.807) is 24.5 Å². The van der Waals surface area contributed by atoms with Crippen LogP contribution in [-0.2, 0) is 30.4 Å². The van der Waals surface area contributed by atoms with Gasteiger partial charge in [0.2, 0.25) is 0 Å². The molecule has 0 unspecified atom stereocenters. The number of likely N-dealkylation sites (tertiary alicyclic amines) is 1. The molecule has 0 amide bonds. The maximum Gasteiger partial charge on any atom is 0.323 e. The Hall–Kier alpha value is -2.81. The van der Waals surface area contributed by atoms with Crippen molar-refractivity contribution in [2.24, 2.45) is 0 Å². The molecule has 1 saturated heterocycles. The molecule has 8 heteroatoms. The van der Waals surface area contributed by atoms with E-state index in [4.69, 9.17) is 8.92 Å². The van der Waals surface area contributed by atoms with E-state index in [-0.39, 0.29) is 11.3 Å². The highest BCUT2D eigenvalue weighted by atomic mass is 32.2. The Balaban J connectivity index is 1.53. The highest BCUT2D eigenvalue weighted by molar-refractivity contribution is 7.86. The van der Waals surface area contributed by atoms with E-state index < -0.39 is 28.2 Å². The molecule has 0 bridgehead atoms. The SMILES string of the molecule is COC(=O)[C@@H]1C[C@H](OS(=O)(=O)c2ccc3ccccc3c2)CN1Cc1cccnc1. The van der Waals surface area contributed by atoms with Gasteiger partial charge in [0.25, 0.3) is 10.1 Å². The van der Waals surface area contributed by atoms with Crippen molar-refractivity contribution in [3.8, 4) is 0 Å². The summed E-state index contributed by atoms with van der Waals surface area (Å²) in [5.74, 6) is -0.409. The van der Waals surface area contributed by atoms with Crippen LogP contribution in [0.3, 0.4) is 0 Å². The maximum atomic E-state index is 12.9. The number of rotatable bonds is 6. The molecular formula is C22H22N2O5S. The first-order valence-corrected chi connectivity index (χ1v) is 11.0. The lowest BCUT2D eigenvalue weighted by Gasteiger charge is -2.21. The Morgan fingerprint density at radius 3 is 2.67 bits per heavy atom. The first kappa shape index (κ1) is 20.5. The number of pyridine rings is 1. The van der Waals surface area contributed by atoms with Gasteiger partial charge in [-0.1, -0.05) is 36.4 Å². The highest BCUT2D eigenvalue weighted by Gasteiger charge is 2.40. The molecule has 3 aromatic rings. The summed E-state index contributed by atoms with van der Waals surface area (Å²) in [6.45, 7) is 0.741. The van der Waals surface area contributed by atoms with Crippen LogP contribution in [0.2, 0.25) is 0 Å². The Morgan fingerprint density at radius 1 is 1.13 bits per heavy atom. The third kappa shape index (κ3) is 4.35. The van der Waals surface area contributed by atoms with Gasteiger partial charge in [0, 0.05) is 31.9 Å². The van der Waals surface area contributed by atoms with Crippen molar-refractivity contribution in [2.45, 2.75) is 30.0 Å². The summed E-state index contributed by atoms with van der Waals surface area (Å²) in [6.07, 6.45) is 2.98. The molecular weight excluding hydrogens is 404 g/mol. The predicted octanol–water partition coefficient (Wildman–Crippen LogP) is 2.76. The molecule has 0 N–H and O–H groups in total. The Morgan fingerprint density at radius 2 is 1.93 bits per heavy atom. The van der Waals surface area contributed by atoms with E-state index in [9.17, 15) is 13.2 Å². The summed E-state index contributed by atoms with van der Waals surface area (Å²) in [4.78, 5) is 18.3. The number of nitrogens with zero attached hydrogens (tertiary/aromatic N) is 2. The second-order valence-corrected chi connectivity index (χ2v) is 8.82. The highest BCUT2D eigenvalue weighted by Crippen LogP contribution is 2.28. The lowest BCUT2D eigenvalue weighted by molar-refractivity contribution is -0.146. The lowest BCUT2D eigenvalue weighted by atomic mass is 10.1. The van der Waals surface area contributed by atoms with Crippen molar-refractivity contribution < 1.29 is 22.1 Å². The average Bonchev–Trinajstić information content (AvgIpc) is 3.14. The van der Waals surface area contributed by atoms with Crippen LogP contribution in [0.25, 0.3) is 10.8 Å². The number of aromatic nitrogens is 1.